The number of urea groups is 1. The van der Waals surface area contributed by atoms with Gasteiger partial charge in [-0.2, -0.15) is 0 Å². The van der Waals surface area contributed by atoms with Crippen LogP contribution >= 0.6 is 0 Å². The molecule has 2 saturated heterocycles. The van der Waals surface area contributed by atoms with Gasteiger partial charge in [0.15, 0.2) is 11.5 Å². The largest absolute Gasteiger partial charge is 0.376 e. The monoisotopic (exact) mass is 462 g/mol. The summed E-state index contributed by atoms with van der Waals surface area (Å²) in [5.41, 5.74) is 3.30. The summed E-state index contributed by atoms with van der Waals surface area (Å²) in [7, 11) is 0. The highest BCUT2D eigenvalue weighted by Crippen LogP contribution is 2.17. The van der Waals surface area contributed by atoms with Gasteiger partial charge in [-0.3, -0.25) is 9.36 Å². The zero-order valence-corrected chi connectivity index (χ0v) is 19.4. The van der Waals surface area contributed by atoms with E-state index < -0.39 is 0 Å². The Morgan fingerprint density at radius 3 is 2.68 bits per heavy atom. The molecule has 9 heteroatoms. The average molecular weight is 463 g/mol. The third-order valence-electron chi connectivity index (χ3n) is 6.52. The van der Waals surface area contributed by atoms with Crippen molar-refractivity contribution < 1.29 is 9.53 Å². The second-order valence-corrected chi connectivity index (χ2v) is 8.95. The van der Waals surface area contributed by atoms with Gasteiger partial charge in [0.1, 0.15) is 5.52 Å². The Balaban J connectivity index is 1.32. The Bertz CT molecular complexity index is 1210. The smallest absolute Gasteiger partial charge is 0.317 e. The van der Waals surface area contributed by atoms with Crippen molar-refractivity contribution in [2.24, 2.45) is 0 Å². The van der Waals surface area contributed by atoms with E-state index in [4.69, 9.17) is 4.74 Å². The van der Waals surface area contributed by atoms with Crippen LogP contribution in [-0.2, 0) is 11.3 Å². The second kappa shape index (κ2) is 9.80. The number of carbonyl (C=O) groups excluding carboxylic acids is 1. The van der Waals surface area contributed by atoms with Gasteiger partial charge >= 0.3 is 6.03 Å². The maximum atomic E-state index is 13.5. The number of ether oxygens (including phenoxy) is 1. The maximum absolute atomic E-state index is 13.5. The molecule has 178 valence electrons. The number of amides is 2. The van der Waals surface area contributed by atoms with Crippen molar-refractivity contribution >= 4 is 23.0 Å². The summed E-state index contributed by atoms with van der Waals surface area (Å²) in [4.78, 5) is 39.0. The zero-order valence-electron chi connectivity index (χ0n) is 19.4. The van der Waals surface area contributed by atoms with Crippen molar-refractivity contribution in [1.82, 2.24) is 24.8 Å². The fourth-order valence-corrected chi connectivity index (χ4v) is 4.53. The van der Waals surface area contributed by atoms with Gasteiger partial charge in [0.25, 0.3) is 5.56 Å². The predicted octanol–water partition coefficient (Wildman–Crippen LogP) is 2.16. The summed E-state index contributed by atoms with van der Waals surface area (Å²) < 4.78 is 7.28. The second-order valence-electron chi connectivity index (χ2n) is 8.95. The van der Waals surface area contributed by atoms with E-state index in [1.54, 1.807) is 15.7 Å². The van der Waals surface area contributed by atoms with Gasteiger partial charge in [0.05, 0.1) is 12.6 Å². The Kier molecular flexibility index (Phi) is 6.44. The summed E-state index contributed by atoms with van der Waals surface area (Å²) in [6, 6.07) is 11.8. The van der Waals surface area contributed by atoms with E-state index in [0.717, 1.165) is 25.0 Å². The molecule has 1 aromatic carbocycles. The highest BCUT2D eigenvalue weighted by atomic mass is 16.5. The number of hydrogen-bond donors (Lipinski definition) is 1. The van der Waals surface area contributed by atoms with Crippen molar-refractivity contribution in [3.05, 3.63) is 64.1 Å². The molecular formula is C25H30N6O3. The first-order valence-corrected chi connectivity index (χ1v) is 11.9. The van der Waals surface area contributed by atoms with Crippen molar-refractivity contribution in [2.45, 2.75) is 32.4 Å². The standard InChI is InChI=1S/C25H30N6O3/c1-18-6-8-19(9-7-18)17-31-22-21(5-2-10-26-22)28-23(24(31)32)29-11-13-30(14-12-29)25(33)27-16-20-4-3-15-34-20/h2,5-10,20H,3-4,11-17H2,1H3,(H,27,33)/t20-/m1/s1. The molecule has 2 aliphatic heterocycles. The number of nitrogens with one attached hydrogen (secondary N) is 1. The van der Waals surface area contributed by atoms with Crippen molar-refractivity contribution in [2.75, 3.05) is 44.2 Å². The molecule has 0 aliphatic carbocycles. The Morgan fingerprint density at radius 2 is 1.94 bits per heavy atom. The molecule has 2 fully saturated rings. The van der Waals surface area contributed by atoms with Crippen LogP contribution in [0.25, 0.3) is 11.2 Å². The van der Waals surface area contributed by atoms with E-state index in [0.29, 0.717) is 56.3 Å². The van der Waals surface area contributed by atoms with Crippen LogP contribution in [0.15, 0.2) is 47.4 Å². The molecule has 2 aromatic heterocycles. The first kappa shape index (κ1) is 22.3. The highest BCUT2D eigenvalue weighted by molar-refractivity contribution is 5.75. The number of hydrogen-bond acceptors (Lipinski definition) is 6. The lowest BCUT2D eigenvalue weighted by molar-refractivity contribution is 0.108. The van der Waals surface area contributed by atoms with E-state index >= 15 is 0 Å². The fourth-order valence-electron chi connectivity index (χ4n) is 4.53. The van der Waals surface area contributed by atoms with Crippen molar-refractivity contribution in [3.8, 4) is 0 Å². The summed E-state index contributed by atoms with van der Waals surface area (Å²) in [5, 5.41) is 2.98. The van der Waals surface area contributed by atoms with Crippen LogP contribution in [-0.4, -0.2) is 70.9 Å². The van der Waals surface area contributed by atoms with Gasteiger partial charge in [0.2, 0.25) is 0 Å². The van der Waals surface area contributed by atoms with Gasteiger partial charge in [-0.15, -0.1) is 0 Å². The molecule has 1 N–H and O–H groups in total. The lowest BCUT2D eigenvalue weighted by Crippen LogP contribution is -2.53. The molecule has 0 unspecified atom stereocenters. The quantitative estimate of drug-likeness (QED) is 0.625. The number of nitrogens with zero attached hydrogens (tertiary/aromatic N) is 5. The molecular weight excluding hydrogens is 432 g/mol. The van der Waals surface area contributed by atoms with Crippen LogP contribution in [0.2, 0.25) is 0 Å². The summed E-state index contributed by atoms with van der Waals surface area (Å²) in [5.74, 6) is 0.409. The Morgan fingerprint density at radius 1 is 1.15 bits per heavy atom. The third-order valence-corrected chi connectivity index (χ3v) is 6.52. The topological polar surface area (TPSA) is 92.6 Å². The van der Waals surface area contributed by atoms with Crippen LogP contribution in [0.1, 0.15) is 24.0 Å². The van der Waals surface area contributed by atoms with E-state index in [2.05, 4.69) is 15.3 Å². The van der Waals surface area contributed by atoms with Crippen molar-refractivity contribution in [1.29, 1.82) is 0 Å². The molecule has 5 rings (SSSR count). The molecule has 4 heterocycles. The molecule has 34 heavy (non-hydrogen) atoms. The molecule has 0 radical (unpaired) electrons. The lowest BCUT2D eigenvalue weighted by Gasteiger charge is -2.35. The average Bonchev–Trinajstić information content (AvgIpc) is 3.39. The van der Waals surface area contributed by atoms with Crippen LogP contribution in [0.5, 0.6) is 0 Å². The highest BCUT2D eigenvalue weighted by Gasteiger charge is 2.26. The number of rotatable bonds is 5. The number of carbonyl (C=O) groups is 1. The minimum atomic E-state index is -0.164. The van der Waals surface area contributed by atoms with E-state index in [1.165, 1.54) is 5.56 Å². The van der Waals surface area contributed by atoms with Crippen LogP contribution in [0.3, 0.4) is 0 Å². The lowest BCUT2D eigenvalue weighted by atomic mass is 10.1. The molecule has 3 aromatic rings. The van der Waals surface area contributed by atoms with Gasteiger partial charge < -0.3 is 19.9 Å². The Labute approximate surface area is 198 Å². The van der Waals surface area contributed by atoms with Gasteiger partial charge in [-0.1, -0.05) is 29.8 Å². The number of aromatic nitrogens is 3. The summed E-state index contributed by atoms with van der Waals surface area (Å²) >= 11 is 0. The normalized spacial score (nSPS) is 18.4. The van der Waals surface area contributed by atoms with E-state index in [1.807, 2.05) is 48.2 Å². The van der Waals surface area contributed by atoms with Crippen LogP contribution in [0.4, 0.5) is 10.6 Å². The molecule has 2 amide bonds. The van der Waals surface area contributed by atoms with E-state index in [9.17, 15) is 9.59 Å². The first-order valence-electron chi connectivity index (χ1n) is 11.9. The van der Waals surface area contributed by atoms with Gasteiger partial charge in [-0.25, -0.2) is 14.8 Å². The molecule has 1 atom stereocenters. The minimum Gasteiger partial charge on any atom is -0.376 e. The first-order chi connectivity index (χ1) is 16.6. The summed E-state index contributed by atoms with van der Waals surface area (Å²) in [6.07, 6.45) is 3.84. The number of benzene rings is 1. The zero-order chi connectivity index (χ0) is 23.5. The number of aryl methyl sites for hydroxylation is 1. The number of fused-ring (bicyclic) bond motifs is 1. The molecule has 0 spiro atoms. The minimum absolute atomic E-state index is 0.0809. The van der Waals surface area contributed by atoms with Crippen LogP contribution in [0, 0.1) is 6.92 Å². The fraction of sp³-hybridized carbons (Fsp3) is 0.440. The Hall–Kier alpha value is -3.46. The SMILES string of the molecule is Cc1ccc(Cn2c(=O)c(N3CCN(C(=O)NC[C@H]4CCCO4)CC3)nc3cccnc32)cc1. The number of piperazine rings is 1. The van der Waals surface area contributed by atoms with Gasteiger partial charge in [-0.05, 0) is 37.5 Å². The van der Waals surface area contributed by atoms with E-state index in [-0.39, 0.29) is 17.7 Å². The molecule has 2 aliphatic rings. The number of anilines is 1. The third kappa shape index (κ3) is 4.75. The number of pyridine rings is 1. The molecule has 0 saturated carbocycles. The summed E-state index contributed by atoms with van der Waals surface area (Å²) in [6.45, 7) is 5.94. The van der Waals surface area contributed by atoms with Crippen LogP contribution < -0.4 is 15.8 Å². The maximum Gasteiger partial charge on any atom is 0.317 e. The molecule has 0 bridgehead atoms. The van der Waals surface area contributed by atoms with Gasteiger partial charge in [0, 0.05) is 45.5 Å². The predicted molar refractivity (Wildman–Crippen MR) is 130 cm³/mol. The molecule has 9 nitrogen and oxygen atoms in total. The van der Waals surface area contributed by atoms with Crippen molar-refractivity contribution in [3.63, 3.8) is 0 Å².